The fourth-order valence-corrected chi connectivity index (χ4v) is 2.70. The summed E-state index contributed by atoms with van der Waals surface area (Å²) in [6.07, 6.45) is 0.662. The zero-order valence-electron chi connectivity index (χ0n) is 11.4. The Morgan fingerprint density at radius 2 is 1.86 bits per heavy atom. The Kier molecular flexibility index (Phi) is 4.41. The van der Waals surface area contributed by atoms with Crippen LogP contribution in [-0.2, 0) is 13.0 Å². The molecule has 1 aliphatic heterocycles. The number of halogens is 2. The quantitative estimate of drug-likeness (QED) is 0.834. The van der Waals surface area contributed by atoms with Crippen molar-refractivity contribution in [1.82, 2.24) is 5.32 Å². The molecular formula is C16H15BrFNO2. The van der Waals surface area contributed by atoms with Crippen LogP contribution in [0.4, 0.5) is 4.39 Å². The summed E-state index contributed by atoms with van der Waals surface area (Å²) in [6, 6.07) is 10.7. The second-order valence-electron chi connectivity index (χ2n) is 4.82. The van der Waals surface area contributed by atoms with Crippen molar-refractivity contribution in [3.63, 3.8) is 0 Å². The number of fused-ring (bicyclic) bond motifs is 1. The number of nitrogens with one attached hydrogen (secondary N) is 1. The maximum atomic E-state index is 13.5. The molecule has 0 unspecified atom stereocenters. The second kappa shape index (κ2) is 6.45. The predicted octanol–water partition coefficient (Wildman–Crippen LogP) is 3.65. The van der Waals surface area contributed by atoms with E-state index in [4.69, 9.17) is 9.47 Å². The van der Waals surface area contributed by atoms with E-state index in [2.05, 4.69) is 21.2 Å². The largest absolute Gasteiger partial charge is 0.454 e. The van der Waals surface area contributed by atoms with Gasteiger partial charge in [0.25, 0.3) is 0 Å². The zero-order valence-corrected chi connectivity index (χ0v) is 13.0. The summed E-state index contributed by atoms with van der Waals surface area (Å²) in [5.74, 6) is 1.38. The standard InChI is InChI=1S/C16H15BrFNO2/c17-13-8-16-15(20-10-21-16)7-12(13)9-19-6-5-11-3-1-2-4-14(11)18/h1-4,7-8,19H,5-6,9-10H2. The molecule has 0 saturated heterocycles. The third kappa shape index (κ3) is 3.36. The average molecular weight is 352 g/mol. The first-order chi connectivity index (χ1) is 10.2. The van der Waals surface area contributed by atoms with Crippen LogP contribution in [0.5, 0.6) is 11.5 Å². The van der Waals surface area contributed by atoms with Gasteiger partial charge in [0.2, 0.25) is 6.79 Å². The summed E-state index contributed by atoms with van der Waals surface area (Å²) in [6.45, 7) is 1.67. The molecule has 0 aromatic heterocycles. The smallest absolute Gasteiger partial charge is 0.231 e. The molecule has 0 spiro atoms. The van der Waals surface area contributed by atoms with E-state index >= 15 is 0 Å². The lowest BCUT2D eigenvalue weighted by Gasteiger charge is -2.09. The average Bonchev–Trinajstić information content (AvgIpc) is 2.92. The third-order valence-electron chi connectivity index (χ3n) is 3.39. The molecule has 21 heavy (non-hydrogen) atoms. The molecule has 110 valence electrons. The van der Waals surface area contributed by atoms with Crippen molar-refractivity contribution in [3.05, 3.63) is 57.8 Å². The van der Waals surface area contributed by atoms with E-state index in [1.807, 2.05) is 24.3 Å². The van der Waals surface area contributed by atoms with E-state index in [1.165, 1.54) is 6.07 Å². The predicted molar refractivity (Wildman–Crippen MR) is 82.1 cm³/mol. The van der Waals surface area contributed by atoms with Crippen molar-refractivity contribution >= 4 is 15.9 Å². The molecule has 3 nitrogen and oxygen atoms in total. The molecule has 2 aromatic carbocycles. The van der Waals surface area contributed by atoms with Crippen LogP contribution in [0.25, 0.3) is 0 Å². The highest BCUT2D eigenvalue weighted by Gasteiger charge is 2.15. The zero-order chi connectivity index (χ0) is 14.7. The van der Waals surface area contributed by atoms with Crippen LogP contribution < -0.4 is 14.8 Å². The van der Waals surface area contributed by atoms with Gasteiger partial charge in [-0.25, -0.2) is 4.39 Å². The summed E-state index contributed by atoms with van der Waals surface area (Å²) >= 11 is 3.52. The molecular weight excluding hydrogens is 337 g/mol. The van der Waals surface area contributed by atoms with E-state index in [1.54, 1.807) is 6.07 Å². The second-order valence-corrected chi connectivity index (χ2v) is 5.67. The van der Waals surface area contributed by atoms with Gasteiger partial charge in [-0.3, -0.25) is 0 Å². The third-order valence-corrected chi connectivity index (χ3v) is 4.12. The summed E-state index contributed by atoms with van der Waals surface area (Å²) < 4.78 is 25.1. The van der Waals surface area contributed by atoms with E-state index in [9.17, 15) is 4.39 Å². The topological polar surface area (TPSA) is 30.5 Å². The van der Waals surface area contributed by atoms with Crippen molar-refractivity contribution in [3.8, 4) is 11.5 Å². The van der Waals surface area contributed by atoms with Gasteiger partial charge in [0.05, 0.1) is 0 Å². The van der Waals surface area contributed by atoms with E-state index in [0.29, 0.717) is 19.5 Å². The molecule has 1 heterocycles. The lowest BCUT2D eigenvalue weighted by molar-refractivity contribution is 0.174. The Morgan fingerprint density at radius 3 is 2.67 bits per heavy atom. The minimum Gasteiger partial charge on any atom is -0.454 e. The molecule has 0 radical (unpaired) electrons. The summed E-state index contributed by atoms with van der Waals surface area (Å²) in [5.41, 5.74) is 1.82. The van der Waals surface area contributed by atoms with Crippen LogP contribution in [0.2, 0.25) is 0 Å². The Morgan fingerprint density at radius 1 is 1.10 bits per heavy atom. The Balaban J connectivity index is 1.55. The maximum absolute atomic E-state index is 13.5. The molecule has 3 rings (SSSR count). The van der Waals surface area contributed by atoms with E-state index < -0.39 is 0 Å². The van der Waals surface area contributed by atoms with Gasteiger partial charge >= 0.3 is 0 Å². The minimum absolute atomic E-state index is 0.149. The summed E-state index contributed by atoms with van der Waals surface area (Å²) in [4.78, 5) is 0. The van der Waals surface area contributed by atoms with Crippen LogP contribution in [0, 0.1) is 5.82 Å². The highest BCUT2D eigenvalue weighted by atomic mass is 79.9. The fourth-order valence-electron chi connectivity index (χ4n) is 2.24. The fraction of sp³-hybridized carbons (Fsp3) is 0.250. The Labute approximate surface area is 131 Å². The molecule has 0 aliphatic carbocycles. The summed E-state index contributed by atoms with van der Waals surface area (Å²) in [7, 11) is 0. The number of hydrogen-bond acceptors (Lipinski definition) is 3. The van der Waals surface area contributed by atoms with E-state index in [-0.39, 0.29) is 12.6 Å². The molecule has 0 atom stereocenters. The number of ether oxygens (including phenoxy) is 2. The molecule has 5 heteroatoms. The summed E-state index contributed by atoms with van der Waals surface area (Å²) in [5, 5.41) is 3.32. The molecule has 0 saturated carbocycles. The number of rotatable bonds is 5. The van der Waals surface area contributed by atoms with Gasteiger partial charge in [0.15, 0.2) is 11.5 Å². The van der Waals surface area contributed by atoms with Crippen LogP contribution in [0.15, 0.2) is 40.9 Å². The van der Waals surface area contributed by atoms with Gasteiger partial charge in [-0.15, -0.1) is 0 Å². The van der Waals surface area contributed by atoms with Crippen molar-refractivity contribution in [2.24, 2.45) is 0 Å². The highest BCUT2D eigenvalue weighted by Crippen LogP contribution is 2.36. The number of hydrogen-bond donors (Lipinski definition) is 1. The van der Waals surface area contributed by atoms with Gasteiger partial charge in [0, 0.05) is 11.0 Å². The molecule has 2 aromatic rings. The lowest BCUT2D eigenvalue weighted by Crippen LogP contribution is -2.17. The van der Waals surface area contributed by atoms with Crippen LogP contribution in [0.1, 0.15) is 11.1 Å². The normalized spacial score (nSPS) is 12.7. The van der Waals surface area contributed by atoms with Gasteiger partial charge < -0.3 is 14.8 Å². The Hall–Kier alpha value is -1.59. The van der Waals surface area contributed by atoms with E-state index in [0.717, 1.165) is 27.1 Å². The van der Waals surface area contributed by atoms with Crippen molar-refractivity contribution in [2.45, 2.75) is 13.0 Å². The van der Waals surface area contributed by atoms with Crippen LogP contribution in [0.3, 0.4) is 0 Å². The van der Waals surface area contributed by atoms with Crippen LogP contribution >= 0.6 is 15.9 Å². The van der Waals surface area contributed by atoms with Gasteiger partial charge in [-0.2, -0.15) is 0 Å². The molecule has 0 bridgehead atoms. The van der Waals surface area contributed by atoms with Crippen molar-refractivity contribution in [2.75, 3.05) is 13.3 Å². The lowest BCUT2D eigenvalue weighted by atomic mass is 10.1. The van der Waals surface area contributed by atoms with Crippen LogP contribution in [-0.4, -0.2) is 13.3 Å². The molecule has 0 fully saturated rings. The molecule has 1 N–H and O–H groups in total. The SMILES string of the molecule is Fc1ccccc1CCNCc1cc2c(cc1Br)OCO2. The maximum Gasteiger partial charge on any atom is 0.231 e. The first kappa shape index (κ1) is 14.4. The number of benzene rings is 2. The molecule has 1 aliphatic rings. The first-order valence-electron chi connectivity index (χ1n) is 6.76. The van der Waals surface area contributed by atoms with Crippen molar-refractivity contribution in [1.29, 1.82) is 0 Å². The Bertz CT molecular complexity index is 648. The van der Waals surface area contributed by atoms with Gasteiger partial charge in [-0.1, -0.05) is 34.1 Å². The first-order valence-corrected chi connectivity index (χ1v) is 7.55. The molecule has 0 amide bonds. The highest BCUT2D eigenvalue weighted by molar-refractivity contribution is 9.10. The van der Waals surface area contributed by atoms with Crippen molar-refractivity contribution < 1.29 is 13.9 Å². The van der Waals surface area contributed by atoms with Gasteiger partial charge in [0.1, 0.15) is 5.82 Å². The van der Waals surface area contributed by atoms with Gasteiger partial charge in [-0.05, 0) is 42.3 Å². The monoisotopic (exact) mass is 351 g/mol. The minimum atomic E-state index is -0.149.